The molecule has 5 aromatic carbocycles. The van der Waals surface area contributed by atoms with Crippen LogP contribution in [-0.2, 0) is 0 Å². The summed E-state index contributed by atoms with van der Waals surface area (Å²) in [7, 11) is 0. The number of rotatable bonds is 2. The Balaban J connectivity index is 0.00000128. The minimum atomic E-state index is 1.18. The second-order valence-corrected chi connectivity index (χ2v) is 11.0. The molecule has 204 valence electrons. The molecule has 0 aliphatic heterocycles. The normalized spacial score (nSPS) is 12.0. The lowest BCUT2D eigenvalue weighted by molar-refractivity contribution is 1.17. The van der Waals surface area contributed by atoms with Crippen LogP contribution in [0.2, 0.25) is 0 Å². The average molecular weight is 552 g/mol. The molecule has 10 rings (SSSR count). The maximum atomic E-state index is 2.49. The zero-order valence-electron chi connectivity index (χ0n) is 24.1. The number of para-hydroxylation sites is 3. The number of hydrogen-bond donors (Lipinski definition) is 0. The predicted molar refractivity (Wildman–Crippen MR) is 184 cm³/mol. The highest BCUT2D eigenvalue weighted by molar-refractivity contribution is 6.29. The lowest BCUT2D eigenvalue weighted by atomic mass is 10.1. The lowest BCUT2D eigenvalue weighted by Crippen LogP contribution is -1.95. The molecular weight excluding hydrogens is 522 g/mol. The molecule has 0 fully saturated rings. The smallest absolute Gasteiger partial charge is 0.0810 e. The standard InChI is InChI=1S/C38H23N3.C2H6/c1-2-11-24(12-3-1)39-31-17-8-6-14-27(31)30-23-25(21-22-34(30)39)40-33-18-9-7-16-29(33)36-35-20-10-19-32-26-13-4-5-15-28(26)37(38(36)40)41(32)35;1-2/h1-23H;1-2H3. The number of aromatic nitrogens is 3. The fourth-order valence-corrected chi connectivity index (χ4v) is 7.37. The topological polar surface area (TPSA) is 14.3 Å². The van der Waals surface area contributed by atoms with E-state index in [1.54, 1.807) is 0 Å². The van der Waals surface area contributed by atoms with Crippen LogP contribution in [0.5, 0.6) is 0 Å². The monoisotopic (exact) mass is 551 g/mol. The molecule has 0 atom stereocenters. The first-order chi connectivity index (χ1) is 21.4. The van der Waals surface area contributed by atoms with Gasteiger partial charge in [0.2, 0.25) is 0 Å². The number of fused-ring (bicyclic) bond motifs is 11. The molecule has 43 heavy (non-hydrogen) atoms. The minimum absolute atomic E-state index is 1.18. The molecule has 0 unspecified atom stereocenters. The Morgan fingerprint density at radius 2 is 0.907 bits per heavy atom. The van der Waals surface area contributed by atoms with E-state index in [1.807, 2.05) is 13.8 Å². The van der Waals surface area contributed by atoms with Gasteiger partial charge < -0.3 is 13.5 Å². The third kappa shape index (κ3) is 3.09. The maximum Gasteiger partial charge on any atom is 0.0810 e. The van der Waals surface area contributed by atoms with Crippen molar-refractivity contribution in [2.24, 2.45) is 0 Å². The van der Waals surface area contributed by atoms with Crippen molar-refractivity contribution in [3.8, 4) is 11.4 Å². The summed E-state index contributed by atoms with van der Waals surface area (Å²) in [4.78, 5) is 0. The molecule has 10 aromatic rings. The van der Waals surface area contributed by atoms with Crippen LogP contribution < -0.4 is 0 Å². The number of hydrogen-bond acceptors (Lipinski definition) is 0. The molecule has 0 saturated heterocycles. The summed E-state index contributed by atoms with van der Waals surface area (Å²) in [6.45, 7) is 4.00. The van der Waals surface area contributed by atoms with Gasteiger partial charge in [-0.15, -0.1) is 0 Å². The van der Waals surface area contributed by atoms with Gasteiger partial charge in [-0.05, 0) is 54.6 Å². The van der Waals surface area contributed by atoms with Crippen LogP contribution in [0.15, 0.2) is 140 Å². The Morgan fingerprint density at radius 1 is 0.349 bits per heavy atom. The predicted octanol–water partition coefficient (Wildman–Crippen LogP) is 10.9. The first kappa shape index (κ1) is 24.1. The van der Waals surface area contributed by atoms with Gasteiger partial charge in [0.05, 0.1) is 38.6 Å². The molecule has 0 aliphatic rings. The zero-order chi connectivity index (χ0) is 28.7. The number of nitrogens with zero attached hydrogens (tertiary/aromatic N) is 3. The van der Waals surface area contributed by atoms with Gasteiger partial charge in [-0.25, -0.2) is 0 Å². The van der Waals surface area contributed by atoms with Crippen molar-refractivity contribution in [2.75, 3.05) is 0 Å². The number of pyridine rings is 1. The van der Waals surface area contributed by atoms with Crippen molar-refractivity contribution in [1.82, 2.24) is 13.5 Å². The molecule has 0 spiro atoms. The van der Waals surface area contributed by atoms with Crippen LogP contribution in [0.4, 0.5) is 0 Å². The summed E-state index contributed by atoms with van der Waals surface area (Å²) in [5.41, 5.74) is 11.1. The molecule has 5 heterocycles. The van der Waals surface area contributed by atoms with Crippen LogP contribution in [0.25, 0.3) is 82.3 Å². The summed E-state index contributed by atoms with van der Waals surface area (Å²) in [5.74, 6) is 0. The molecule has 0 N–H and O–H groups in total. The van der Waals surface area contributed by atoms with Gasteiger partial charge in [0.1, 0.15) is 0 Å². The van der Waals surface area contributed by atoms with Crippen LogP contribution >= 0.6 is 0 Å². The summed E-state index contributed by atoms with van der Waals surface area (Å²) in [6.07, 6.45) is 0. The van der Waals surface area contributed by atoms with Gasteiger partial charge in [0.25, 0.3) is 0 Å². The van der Waals surface area contributed by atoms with Gasteiger partial charge in [0, 0.05) is 43.7 Å². The van der Waals surface area contributed by atoms with Gasteiger partial charge >= 0.3 is 0 Å². The average Bonchev–Trinajstić information content (AvgIpc) is 3.80. The molecule has 0 saturated carbocycles. The SMILES string of the molecule is CC.c1ccc(-n2c3ccccc3c3cc(-n4c5ccccc5c5c4c4c6ccccc6c6cccc5n64)ccc32)cc1. The van der Waals surface area contributed by atoms with E-state index >= 15 is 0 Å². The van der Waals surface area contributed by atoms with Gasteiger partial charge in [-0.3, -0.25) is 0 Å². The quantitative estimate of drug-likeness (QED) is 0.203. The van der Waals surface area contributed by atoms with Crippen LogP contribution in [-0.4, -0.2) is 13.5 Å². The van der Waals surface area contributed by atoms with Crippen LogP contribution in [0, 0.1) is 0 Å². The van der Waals surface area contributed by atoms with E-state index in [2.05, 4.69) is 153 Å². The molecule has 0 amide bonds. The van der Waals surface area contributed by atoms with E-state index in [-0.39, 0.29) is 0 Å². The van der Waals surface area contributed by atoms with E-state index in [9.17, 15) is 0 Å². The Morgan fingerprint density at radius 3 is 1.67 bits per heavy atom. The highest BCUT2D eigenvalue weighted by Gasteiger charge is 2.24. The second kappa shape index (κ2) is 8.98. The third-order valence-electron chi connectivity index (χ3n) is 8.96. The van der Waals surface area contributed by atoms with Gasteiger partial charge in [-0.1, -0.05) is 98.8 Å². The molecular formula is C40H29N3. The van der Waals surface area contributed by atoms with E-state index in [0.29, 0.717) is 0 Å². The molecule has 0 radical (unpaired) electrons. The Kier molecular flexibility index (Phi) is 5.03. The Hall–Kier alpha value is -5.54. The van der Waals surface area contributed by atoms with Crippen LogP contribution in [0.1, 0.15) is 13.8 Å². The fraction of sp³-hybridized carbons (Fsp3) is 0.0500. The van der Waals surface area contributed by atoms with Gasteiger partial charge in [0.15, 0.2) is 0 Å². The molecule has 5 aromatic heterocycles. The van der Waals surface area contributed by atoms with Crippen molar-refractivity contribution in [3.05, 3.63) is 140 Å². The van der Waals surface area contributed by atoms with Gasteiger partial charge in [-0.2, -0.15) is 0 Å². The first-order valence-electron chi connectivity index (χ1n) is 15.1. The van der Waals surface area contributed by atoms with Crippen LogP contribution in [0.3, 0.4) is 0 Å². The summed E-state index contributed by atoms with van der Waals surface area (Å²) >= 11 is 0. The molecule has 0 bridgehead atoms. The highest BCUT2D eigenvalue weighted by atomic mass is 15.0. The van der Waals surface area contributed by atoms with Crippen molar-refractivity contribution < 1.29 is 0 Å². The van der Waals surface area contributed by atoms with Crippen molar-refractivity contribution >= 4 is 70.9 Å². The Bertz CT molecular complexity index is 2630. The van der Waals surface area contributed by atoms with E-state index in [1.165, 1.54) is 82.3 Å². The summed E-state index contributed by atoms with van der Waals surface area (Å²) in [5, 5.41) is 7.72. The van der Waals surface area contributed by atoms with Crippen molar-refractivity contribution in [2.45, 2.75) is 13.8 Å². The summed E-state index contributed by atoms with van der Waals surface area (Å²) in [6, 6.07) is 50.8. The van der Waals surface area contributed by atoms with E-state index in [0.717, 1.165) is 0 Å². The Labute approximate surface area is 248 Å². The molecule has 3 nitrogen and oxygen atoms in total. The lowest BCUT2D eigenvalue weighted by Gasteiger charge is -2.10. The third-order valence-corrected chi connectivity index (χ3v) is 8.96. The van der Waals surface area contributed by atoms with E-state index < -0.39 is 0 Å². The first-order valence-corrected chi connectivity index (χ1v) is 15.1. The second-order valence-electron chi connectivity index (χ2n) is 11.0. The minimum Gasteiger partial charge on any atom is -0.309 e. The number of benzene rings is 5. The molecule has 0 aliphatic carbocycles. The van der Waals surface area contributed by atoms with Crippen molar-refractivity contribution in [3.63, 3.8) is 0 Å². The fourth-order valence-electron chi connectivity index (χ4n) is 7.37. The largest absolute Gasteiger partial charge is 0.309 e. The zero-order valence-corrected chi connectivity index (χ0v) is 24.1. The van der Waals surface area contributed by atoms with Crippen molar-refractivity contribution in [1.29, 1.82) is 0 Å². The van der Waals surface area contributed by atoms with E-state index in [4.69, 9.17) is 0 Å². The maximum absolute atomic E-state index is 2.49. The molecule has 3 heteroatoms. The summed E-state index contributed by atoms with van der Waals surface area (Å²) < 4.78 is 7.34. The highest BCUT2D eigenvalue weighted by Crippen LogP contribution is 2.45.